The molecular weight excluding hydrogens is 280 g/mol. The number of nitrogens with zero attached hydrogens (tertiary/aromatic N) is 3. The molecule has 0 aliphatic carbocycles. The normalized spacial score (nSPS) is 19.6. The fourth-order valence-electron chi connectivity index (χ4n) is 2.63. The number of hydrogen-bond donors (Lipinski definition) is 3. The number of oxime groups is 1. The minimum absolute atomic E-state index is 0.0234. The fraction of sp³-hybridized carbons (Fsp3) is 0.538. The van der Waals surface area contributed by atoms with E-state index < -0.39 is 0 Å². The maximum Gasteiger partial charge on any atom is 0.171 e. The highest BCUT2D eigenvalue weighted by Gasteiger charge is 2.27. The van der Waals surface area contributed by atoms with Crippen molar-refractivity contribution >= 4 is 23.3 Å². The van der Waals surface area contributed by atoms with Crippen molar-refractivity contribution in [3.63, 3.8) is 0 Å². The molecule has 20 heavy (non-hydrogen) atoms. The maximum atomic E-state index is 8.97. The topological polar surface area (TPSA) is 95.0 Å². The quantitative estimate of drug-likeness (QED) is 0.332. The first-order chi connectivity index (χ1) is 9.69. The molecule has 0 saturated carbocycles. The van der Waals surface area contributed by atoms with Crippen molar-refractivity contribution in [1.29, 1.82) is 0 Å². The maximum absolute atomic E-state index is 8.97. The first-order valence-corrected chi connectivity index (χ1v) is 7.06. The molecule has 1 unspecified atom stereocenters. The molecule has 2 rings (SSSR count). The van der Waals surface area contributed by atoms with Gasteiger partial charge in [0, 0.05) is 31.0 Å². The smallest absolute Gasteiger partial charge is 0.171 e. The second kappa shape index (κ2) is 6.76. The van der Waals surface area contributed by atoms with Gasteiger partial charge in [0.25, 0.3) is 0 Å². The zero-order valence-electron chi connectivity index (χ0n) is 11.2. The third-order valence-corrected chi connectivity index (χ3v) is 3.97. The Bertz CT molecular complexity index is 495. The molecule has 1 aliphatic rings. The molecule has 4 N–H and O–H groups in total. The van der Waals surface area contributed by atoms with Gasteiger partial charge < -0.3 is 20.9 Å². The van der Waals surface area contributed by atoms with E-state index >= 15 is 0 Å². The van der Waals surface area contributed by atoms with E-state index in [1.54, 1.807) is 12.3 Å². The number of hydrogen-bond acceptors (Lipinski definition) is 5. The van der Waals surface area contributed by atoms with Crippen molar-refractivity contribution in [3.8, 4) is 0 Å². The Morgan fingerprint density at radius 2 is 2.40 bits per heavy atom. The molecule has 7 heteroatoms. The highest BCUT2D eigenvalue weighted by atomic mass is 35.5. The third kappa shape index (κ3) is 2.96. The summed E-state index contributed by atoms with van der Waals surface area (Å²) in [6.07, 6.45) is 5.41. The molecule has 1 saturated heterocycles. The van der Waals surface area contributed by atoms with Crippen LogP contribution in [0.25, 0.3) is 0 Å². The van der Waals surface area contributed by atoms with Crippen LogP contribution in [0.3, 0.4) is 0 Å². The highest BCUT2D eigenvalue weighted by molar-refractivity contribution is 6.36. The molecule has 0 spiro atoms. The van der Waals surface area contributed by atoms with Gasteiger partial charge in [0.15, 0.2) is 5.84 Å². The second-order valence-corrected chi connectivity index (χ2v) is 5.21. The van der Waals surface area contributed by atoms with Crippen LogP contribution in [0.5, 0.6) is 0 Å². The van der Waals surface area contributed by atoms with Crippen molar-refractivity contribution < 1.29 is 10.3 Å². The Morgan fingerprint density at radius 3 is 3.10 bits per heavy atom. The van der Waals surface area contributed by atoms with Gasteiger partial charge in [-0.3, -0.25) is 0 Å². The molecule has 1 aliphatic heterocycles. The number of nitrogens with two attached hydrogens (primary N) is 1. The number of aromatic nitrogens is 1. The molecule has 1 atom stereocenters. The fourth-order valence-corrected chi connectivity index (χ4v) is 2.94. The number of halogens is 1. The molecular formula is C13H19ClN4O2. The Labute approximate surface area is 122 Å². The zero-order valence-corrected chi connectivity index (χ0v) is 11.9. The Balaban J connectivity index is 2.28. The number of rotatable bonds is 5. The van der Waals surface area contributed by atoms with E-state index in [2.05, 4.69) is 15.0 Å². The van der Waals surface area contributed by atoms with Gasteiger partial charge in [-0.25, -0.2) is 4.98 Å². The molecule has 1 aromatic heterocycles. The first kappa shape index (κ1) is 14.9. The van der Waals surface area contributed by atoms with E-state index in [1.165, 1.54) is 0 Å². The highest BCUT2D eigenvalue weighted by Crippen LogP contribution is 2.33. The van der Waals surface area contributed by atoms with Gasteiger partial charge in [0.2, 0.25) is 0 Å². The summed E-state index contributed by atoms with van der Waals surface area (Å²) in [5.41, 5.74) is 6.09. The molecule has 1 aromatic rings. The number of aliphatic hydroxyl groups excluding tert-OH is 1. The van der Waals surface area contributed by atoms with E-state index in [1.807, 2.05) is 0 Å². The Kier molecular flexibility index (Phi) is 5.03. The van der Waals surface area contributed by atoms with Gasteiger partial charge >= 0.3 is 0 Å². The number of amidine groups is 1. The van der Waals surface area contributed by atoms with Crippen LogP contribution in [0.4, 0.5) is 5.82 Å². The van der Waals surface area contributed by atoms with E-state index in [9.17, 15) is 0 Å². The summed E-state index contributed by atoms with van der Waals surface area (Å²) in [4.78, 5) is 6.48. The van der Waals surface area contributed by atoms with Crippen LogP contribution in [0.2, 0.25) is 5.02 Å². The SMILES string of the molecule is N/C(=N/O)c1ccnc(N2CCCC2CCCO)c1Cl. The molecule has 0 amide bonds. The van der Waals surface area contributed by atoms with Crippen molar-refractivity contribution in [3.05, 3.63) is 22.8 Å². The van der Waals surface area contributed by atoms with E-state index in [0.29, 0.717) is 22.4 Å². The first-order valence-electron chi connectivity index (χ1n) is 6.69. The van der Waals surface area contributed by atoms with Crippen molar-refractivity contribution in [2.45, 2.75) is 31.7 Å². The van der Waals surface area contributed by atoms with Crippen LogP contribution in [0.1, 0.15) is 31.2 Å². The number of anilines is 1. The van der Waals surface area contributed by atoms with Gasteiger partial charge in [0.05, 0.1) is 5.02 Å². The second-order valence-electron chi connectivity index (χ2n) is 4.84. The van der Waals surface area contributed by atoms with E-state index in [-0.39, 0.29) is 12.4 Å². The third-order valence-electron chi connectivity index (χ3n) is 3.60. The summed E-state index contributed by atoms with van der Waals surface area (Å²) < 4.78 is 0. The van der Waals surface area contributed by atoms with Crippen molar-refractivity contribution in [1.82, 2.24) is 4.98 Å². The van der Waals surface area contributed by atoms with Gasteiger partial charge in [-0.1, -0.05) is 16.8 Å². The molecule has 0 bridgehead atoms. The summed E-state index contributed by atoms with van der Waals surface area (Å²) in [5.74, 6) is 0.640. The Morgan fingerprint density at radius 1 is 1.60 bits per heavy atom. The molecule has 0 aromatic carbocycles. The van der Waals surface area contributed by atoms with Crippen LogP contribution >= 0.6 is 11.6 Å². The summed E-state index contributed by atoms with van der Waals surface area (Å²) in [7, 11) is 0. The largest absolute Gasteiger partial charge is 0.409 e. The summed E-state index contributed by atoms with van der Waals surface area (Å²) >= 11 is 6.34. The predicted octanol–water partition coefficient (Wildman–Crippen LogP) is 1.57. The Hall–Kier alpha value is -1.53. The lowest BCUT2D eigenvalue weighted by Crippen LogP contribution is -2.31. The molecule has 6 nitrogen and oxygen atoms in total. The van der Waals surface area contributed by atoms with E-state index in [4.69, 9.17) is 27.6 Å². The van der Waals surface area contributed by atoms with Crippen LogP contribution in [-0.2, 0) is 0 Å². The lowest BCUT2D eigenvalue weighted by molar-refractivity contribution is 0.279. The minimum atomic E-state index is -0.0234. The summed E-state index contributed by atoms with van der Waals surface area (Å²) in [6.45, 7) is 1.07. The molecule has 0 radical (unpaired) electrons. The van der Waals surface area contributed by atoms with Crippen LogP contribution in [0, 0.1) is 0 Å². The monoisotopic (exact) mass is 298 g/mol. The van der Waals surface area contributed by atoms with Gasteiger partial charge in [-0.05, 0) is 31.7 Å². The van der Waals surface area contributed by atoms with Gasteiger partial charge in [-0.15, -0.1) is 0 Å². The van der Waals surface area contributed by atoms with Crippen LogP contribution < -0.4 is 10.6 Å². The zero-order chi connectivity index (χ0) is 14.5. The van der Waals surface area contributed by atoms with E-state index in [0.717, 1.165) is 32.2 Å². The predicted molar refractivity (Wildman–Crippen MR) is 78.4 cm³/mol. The lowest BCUT2D eigenvalue weighted by Gasteiger charge is -2.27. The number of pyridine rings is 1. The van der Waals surface area contributed by atoms with Crippen LogP contribution in [0.15, 0.2) is 17.4 Å². The molecule has 1 fully saturated rings. The lowest BCUT2D eigenvalue weighted by atomic mass is 10.1. The minimum Gasteiger partial charge on any atom is -0.409 e. The summed E-state index contributed by atoms with van der Waals surface area (Å²) in [6, 6.07) is 1.95. The molecule has 2 heterocycles. The number of aliphatic hydroxyl groups is 1. The van der Waals surface area contributed by atoms with Gasteiger partial charge in [0.1, 0.15) is 5.82 Å². The van der Waals surface area contributed by atoms with Gasteiger partial charge in [-0.2, -0.15) is 0 Å². The summed E-state index contributed by atoms with van der Waals surface area (Å²) in [5, 5.41) is 21.1. The molecule has 110 valence electrons. The van der Waals surface area contributed by atoms with Crippen LogP contribution in [-0.4, -0.2) is 40.3 Å². The standard InChI is InChI=1S/C13H19ClN4O2/c14-11-10(12(15)17-20)5-6-16-13(11)18-7-1-3-9(18)4-2-8-19/h5-6,9,19-20H,1-4,7-8H2,(H2,15,17). The van der Waals surface area contributed by atoms with Crippen molar-refractivity contribution in [2.24, 2.45) is 10.9 Å². The average molecular weight is 299 g/mol. The van der Waals surface area contributed by atoms with Crippen molar-refractivity contribution in [2.75, 3.05) is 18.1 Å². The average Bonchev–Trinajstić information content (AvgIpc) is 2.92.